The van der Waals surface area contributed by atoms with E-state index in [1.54, 1.807) is 24.3 Å². The summed E-state index contributed by atoms with van der Waals surface area (Å²) in [5.41, 5.74) is 2.68. The summed E-state index contributed by atoms with van der Waals surface area (Å²) in [4.78, 5) is 12.1. The lowest BCUT2D eigenvalue weighted by molar-refractivity contribution is -0.114. The summed E-state index contributed by atoms with van der Waals surface area (Å²) in [7, 11) is 0. The molecule has 0 bridgehead atoms. The van der Waals surface area contributed by atoms with E-state index in [0.29, 0.717) is 26.9 Å². The molecule has 0 atom stereocenters. The Hall–Kier alpha value is -1.89. The molecular formula is C14H10Cl2N4OS. The predicted octanol–water partition coefficient (Wildman–Crippen LogP) is 4.05. The second-order valence-corrected chi connectivity index (χ2v) is 5.84. The lowest BCUT2D eigenvalue weighted by Gasteiger charge is -2.09. The van der Waals surface area contributed by atoms with Crippen molar-refractivity contribution in [1.82, 2.24) is 8.75 Å². The third-order valence-corrected chi connectivity index (χ3v) is 4.04. The minimum Gasteiger partial charge on any atom is -0.375 e. The van der Waals surface area contributed by atoms with Gasteiger partial charge in [-0.25, -0.2) is 0 Å². The van der Waals surface area contributed by atoms with E-state index in [0.717, 1.165) is 17.2 Å². The molecule has 1 aromatic heterocycles. The molecule has 1 amide bonds. The molecule has 0 spiro atoms. The van der Waals surface area contributed by atoms with Gasteiger partial charge in [0.15, 0.2) is 0 Å². The molecule has 0 saturated carbocycles. The molecule has 0 fully saturated rings. The average molecular weight is 353 g/mol. The first kappa shape index (κ1) is 15.0. The summed E-state index contributed by atoms with van der Waals surface area (Å²) >= 11 is 13.0. The quantitative estimate of drug-likeness (QED) is 0.743. The molecule has 8 heteroatoms. The van der Waals surface area contributed by atoms with E-state index in [1.807, 2.05) is 12.1 Å². The van der Waals surface area contributed by atoms with Crippen LogP contribution >= 0.6 is 34.9 Å². The van der Waals surface area contributed by atoms with E-state index in [2.05, 4.69) is 19.4 Å². The highest BCUT2D eigenvalue weighted by molar-refractivity contribution is 7.00. The number of amides is 1. The van der Waals surface area contributed by atoms with Crippen LogP contribution in [0.2, 0.25) is 10.0 Å². The molecule has 0 unspecified atom stereocenters. The van der Waals surface area contributed by atoms with Crippen molar-refractivity contribution in [3.05, 3.63) is 46.4 Å². The van der Waals surface area contributed by atoms with E-state index in [4.69, 9.17) is 23.2 Å². The summed E-state index contributed by atoms with van der Waals surface area (Å²) < 4.78 is 8.31. The number of nitrogens with one attached hydrogen (secondary N) is 2. The number of carbonyl (C=O) groups excluding carboxylic acids is 1. The van der Waals surface area contributed by atoms with Crippen molar-refractivity contribution in [1.29, 1.82) is 0 Å². The normalized spacial score (nSPS) is 10.6. The van der Waals surface area contributed by atoms with E-state index in [1.165, 1.54) is 0 Å². The van der Waals surface area contributed by atoms with Gasteiger partial charge in [0.25, 0.3) is 0 Å². The number of hydrogen-bond acceptors (Lipinski definition) is 5. The van der Waals surface area contributed by atoms with E-state index in [-0.39, 0.29) is 12.5 Å². The maximum absolute atomic E-state index is 12.1. The van der Waals surface area contributed by atoms with E-state index >= 15 is 0 Å². The van der Waals surface area contributed by atoms with Gasteiger partial charge in [-0.1, -0.05) is 29.3 Å². The van der Waals surface area contributed by atoms with Crippen LogP contribution in [-0.4, -0.2) is 21.2 Å². The van der Waals surface area contributed by atoms with Crippen molar-refractivity contribution in [3.8, 4) is 0 Å². The Morgan fingerprint density at radius 1 is 1.14 bits per heavy atom. The number of benzene rings is 2. The minimum absolute atomic E-state index is 0.0635. The maximum Gasteiger partial charge on any atom is 0.243 e. The van der Waals surface area contributed by atoms with Gasteiger partial charge in [0, 0.05) is 5.02 Å². The second-order valence-electron chi connectivity index (χ2n) is 4.46. The molecular weight excluding hydrogens is 343 g/mol. The van der Waals surface area contributed by atoms with Crippen molar-refractivity contribution in [3.63, 3.8) is 0 Å². The van der Waals surface area contributed by atoms with Crippen LogP contribution in [0.15, 0.2) is 36.4 Å². The Labute approximate surface area is 140 Å². The van der Waals surface area contributed by atoms with Gasteiger partial charge in [-0.15, -0.1) is 0 Å². The Bertz CT molecular complexity index is 837. The standard InChI is InChI=1S/C14H10Cl2N4OS/c15-8-4-5-9(16)12(6-8)17-7-13(21)18-10-2-1-3-11-14(10)20-22-19-11/h1-6,17H,7H2,(H,18,21). The Morgan fingerprint density at radius 2 is 2.00 bits per heavy atom. The highest BCUT2D eigenvalue weighted by Crippen LogP contribution is 2.25. The van der Waals surface area contributed by atoms with Crippen LogP contribution in [0.1, 0.15) is 0 Å². The number of halogens is 2. The van der Waals surface area contributed by atoms with Crippen molar-refractivity contribution in [2.24, 2.45) is 0 Å². The lowest BCUT2D eigenvalue weighted by atomic mass is 10.2. The number of fused-ring (bicyclic) bond motifs is 1. The maximum atomic E-state index is 12.1. The molecule has 0 aliphatic heterocycles. The van der Waals surface area contributed by atoms with Crippen LogP contribution in [-0.2, 0) is 4.79 Å². The van der Waals surface area contributed by atoms with Crippen molar-refractivity contribution in [2.75, 3.05) is 17.2 Å². The van der Waals surface area contributed by atoms with Crippen LogP contribution < -0.4 is 10.6 Å². The SMILES string of the molecule is O=C(CNc1cc(Cl)ccc1Cl)Nc1cccc2nsnc12. The van der Waals surface area contributed by atoms with Crippen molar-refractivity contribution in [2.45, 2.75) is 0 Å². The molecule has 3 aromatic rings. The van der Waals surface area contributed by atoms with Gasteiger partial charge >= 0.3 is 0 Å². The van der Waals surface area contributed by atoms with Gasteiger partial charge in [-0.3, -0.25) is 4.79 Å². The summed E-state index contributed by atoms with van der Waals surface area (Å²) in [5.74, 6) is -0.212. The van der Waals surface area contributed by atoms with Crippen LogP contribution in [0.4, 0.5) is 11.4 Å². The highest BCUT2D eigenvalue weighted by atomic mass is 35.5. The summed E-state index contributed by atoms with van der Waals surface area (Å²) in [6, 6.07) is 10.5. The fourth-order valence-corrected chi connectivity index (χ4v) is 2.82. The van der Waals surface area contributed by atoms with Gasteiger partial charge in [-0.05, 0) is 30.3 Å². The van der Waals surface area contributed by atoms with Crippen LogP contribution in [0, 0.1) is 0 Å². The molecule has 22 heavy (non-hydrogen) atoms. The topological polar surface area (TPSA) is 66.9 Å². The van der Waals surface area contributed by atoms with Crippen LogP contribution in [0.5, 0.6) is 0 Å². The second kappa shape index (κ2) is 6.48. The molecule has 112 valence electrons. The smallest absolute Gasteiger partial charge is 0.243 e. The molecule has 5 nitrogen and oxygen atoms in total. The van der Waals surface area contributed by atoms with Crippen molar-refractivity contribution < 1.29 is 4.79 Å². The molecule has 1 heterocycles. The third-order valence-electron chi connectivity index (χ3n) is 2.93. The summed E-state index contributed by atoms with van der Waals surface area (Å²) in [6.45, 7) is 0.0635. The zero-order chi connectivity index (χ0) is 15.5. The first-order valence-corrected chi connectivity index (χ1v) is 7.82. The van der Waals surface area contributed by atoms with E-state index < -0.39 is 0 Å². The van der Waals surface area contributed by atoms with Gasteiger partial charge in [0.1, 0.15) is 11.0 Å². The third kappa shape index (κ3) is 3.30. The van der Waals surface area contributed by atoms with Gasteiger partial charge in [0.05, 0.1) is 34.7 Å². The number of aromatic nitrogens is 2. The van der Waals surface area contributed by atoms with Gasteiger partial charge < -0.3 is 10.6 Å². The van der Waals surface area contributed by atoms with E-state index in [9.17, 15) is 4.79 Å². The number of hydrogen-bond donors (Lipinski definition) is 2. The number of rotatable bonds is 4. The Morgan fingerprint density at radius 3 is 2.86 bits per heavy atom. The number of anilines is 2. The molecule has 3 rings (SSSR count). The highest BCUT2D eigenvalue weighted by Gasteiger charge is 2.09. The first-order chi connectivity index (χ1) is 10.6. The van der Waals surface area contributed by atoms with Crippen LogP contribution in [0.25, 0.3) is 11.0 Å². The fourth-order valence-electron chi connectivity index (χ4n) is 1.91. The van der Waals surface area contributed by atoms with Gasteiger partial charge in [-0.2, -0.15) is 8.75 Å². The Kier molecular flexibility index (Phi) is 4.42. The largest absolute Gasteiger partial charge is 0.375 e. The average Bonchev–Trinajstić information content (AvgIpc) is 2.98. The monoisotopic (exact) mass is 352 g/mol. The summed E-state index contributed by atoms with van der Waals surface area (Å²) in [5, 5.41) is 6.81. The molecule has 2 aromatic carbocycles. The molecule has 0 aliphatic rings. The zero-order valence-electron chi connectivity index (χ0n) is 11.1. The van der Waals surface area contributed by atoms with Crippen LogP contribution in [0.3, 0.4) is 0 Å². The molecule has 0 radical (unpaired) electrons. The minimum atomic E-state index is -0.212. The Balaban J connectivity index is 1.68. The van der Waals surface area contributed by atoms with Crippen molar-refractivity contribution >= 4 is 63.2 Å². The fraction of sp³-hybridized carbons (Fsp3) is 0.0714. The molecule has 2 N–H and O–H groups in total. The zero-order valence-corrected chi connectivity index (χ0v) is 13.5. The molecule has 0 aliphatic carbocycles. The van der Waals surface area contributed by atoms with Gasteiger partial charge in [0.2, 0.25) is 5.91 Å². The lowest BCUT2D eigenvalue weighted by Crippen LogP contribution is -2.22. The summed E-state index contributed by atoms with van der Waals surface area (Å²) in [6.07, 6.45) is 0. The molecule has 0 saturated heterocycles. The first-order valence-electron chi connectivity index (χ1n) is 6.33. The predicted molar refractivity (Wildman–Crippen MR) is 91.0 cm³/mol. The number of carbonyl (C=O) groups is 1. The number of nitrogens with zero attached hydrogens (tertiary/aromatic N) is 2.